The molecular formula is C49H93NO8. The minimum Gasteiger partial charge on any atom is -0.394 e. The molecule has 342 valence electrons. The number of hydrogen-bond acceptors (Lipinski definition) is 8. The molecule has 1 saturated heterocycles. The fourth-order valence-corrected chi connectivity index (χ4v) is 7.82. The summed E-state index contributed by atoms with van der Waals surface area (Å²) in [4.78, 5) is 12.9. The Kier molecular flexibility index (Phi) is 37.5. The second kappa shape index (κ2) is 39.8. The highest BCUT2D eigenvalue weighted by Crippen LogP contribution is 2.23. The molecule has 9 nitrogen and oxygen atoms in total. The summed E-state index contributed by atoms with van der Waals surface area (Å²) in [6, 6.07) is -0.815. The van der Waals surface area contributed by atoms with Crippen LogP contribution in [-0.2, 0) is 14.3 Å². The van der Waals surface area contributed by atoms with Gasteiger partial charge < -0.3 is 40.3 Å². The third kappa shape index (κ3) is 29.8. The van der Waals surface area contributed by atoms with Gasteiger partial charge in [-0.2, -0.15) is 0 Å². The van der Waals surface area contributed by atoms with E-state index in [0.717, 1.165) is 38.5 Å². The number of nitrogens with one attached hydrogen (secondary N) is 1. The van der Waals surface area contributed by atoms with Crippen molar-refractivity contribution in [2.75, 3.05) is 13.2 Å². The van der Waals surface area contributed by atoms with Crippen LogP contribution < -0.4 is 5.32 Å². The number of amides is 1. The van der Waals surface area contributed by atoms with Crippen molar-refractivity contribution in [2.24, 2.45) is 0 Å². The minimum atomic E-state index is -1.57. The summed E-state index contributed by atoms with van der Waals surface area (Å²) in [5.41, 5.74) is 0. The topological polar surface area (TPSA) is 149 Å². The quantitative estimate of drug-likeness (QED) is 0.0264. The van der Waals surface area contributed by atoms with E-state index >= 15 is 0 Å². The van der Waals surface area contributed by atoms with E-state index in [-0.39, 0.29) is 12.5 Å². The summed E-state index contributed by atoms with van der Waals surface area (Å²) >= 11 is 0. The monoisotopic (exact) mass is 824 g/mol. The zero-order chi connectivity index (χ0) is 42.3. The molecule has 1 fully saturated rings. The van der Waals surface area contributed by atoms with Gasteiger partial charge in [-0.1, -0.05) is 212 Å². The van der Waals surface area contributed by atoms with Crippen LogP contribution in [0, 0.1) is 0 Å². The largest absolute Gasteiger partial charge is 0.394 e. The van der Waals surface area contributed by atoms with Crippen molar-refractivity contribution in [3.63, 3.8) is 0 Å². The lowest BCUT2D eigenvalue weighted by atomic mass is 9.99. The second-order valence-electron chi connectivity index (χ2n) is 17.3. The number of carbonyl (C=O) groups is 1. The van der Waals surface area contributed by atoms with Crippen molar-refractivity contribution in [2.45, 2.75) is 269 Å². The maximum absolute atomic E-state index is 12.9. The van der Waals surface area contributed by atoms with Crippen LogP contribution in [0.2, 0.25) is 0 Å². The third-order valence-electron chi connectivity index (χ3n) is 11.8. The molecule has 1 rings (SSSR count). The van der Waals surface area contributed by atoms with Crippen molar-refractivity contribution in [1.29, 1.82) is 0 Å². The first kappa shape index (κ1) is 54.7. The summed E-state index contributed by atoms with van der Waals surface area (Å²) in [6.45, 7) is 3.71. The molecule has 1 aliphatic rings. The Labute approximate surface area is 356 Å². The zero-order valence-corrected chi connectivity index (χ0v) is 37.6. The van der Waals surface area contributed by atoms with Crippen molar-refractivity contribution >= 4 is 5.91 Å². The number of ether oxygens (including phenoxy) is 2. The molecule has 1 amide bonds. The molecule has 0 radical (unpaired) electrons. The number of unbranched alkanes of at least 4 members (excludes halogenated alkanes) is 29. The Morgan fingerprint density at radius 1 is 0.569 bits per heavy atom. The Morgan fingerprint density at radius 3 is 1.45 bits per heavy atom. The lowest BCUT2D eigenvalue weighted by molar-refractivity contribution is -0.302. The fourth-order valence-electron chi connectivity index (χ4n) is 7.82. The molecular weight excluding hydrogens is 731 g/mol. The minimum absolute atomic E-state index is 0.186. The van der Waals surface area contributed by atoms with Crippen LogP contribution in [-0.4, -0.2) is 87.5 Å². The number of rotatable bonds is 41. The van der Waals surface area contributed by atoms with Gasteiger partial charge in [-0.3, -0.25) is 4.79 Å². The third-order valence-corrected chi connectivity index (χ3v) is 11.8. The number of hydrogen-bond donors (Lipinski definition) is 6. The van der Waals surface area contributed by atoms with Crippen LogP contribution in [0.25, 0.3) is 0 Å². The van der Waals surface area contributed by atoms with Gasteiger partial charge in [-0.25, -0.2) is 0 Å². The summed E-state index contributed by atoms with van der Waals surface area (Å²) < 4.78 is 11.2. The van der Waals surface area contributed by atoms with E-state index in [1.165, 1.54) is 167 Å². The molecule has 7 unspecified atom stereocenters. The van der Waals surface area contributed by atoms with E-state index in [1.54, 1.807) is 6.08 Å². The lowest BCUT2D eigenvalue weighted by Crippen LogP contribution is -2.60. The van der Waals surface area contributed by atoms with Crippen molar-refractivity contribution in [1.82, 2.24) is 5.32 Å². The molecule has 6 N–H and O–H groups in total. The maximum atomic E-state index is 12.9. The number of aliphatic hydroxyl groups excluding tert-OH is 5. The highest BCUT2D eigenvalue weighted by molar-refractivity contribution is 5.76. The summed E-state index contributed by atoms with van der Waals surface area (Å²) in [5.74, 6) is -0.186. The zero-order valence-electron chi connectivity index (χ0n) is 37.6. The van der Waals surface area contributed by atoms with Gasteiger partial charge in [0, 0.05) is 6.42 Å². The van der Waals surface area contributed by atoms with Crippen LogP contribution in [0.4, 0.5) is 0 Å². The smallest absolute Gasteiger partial charge is 0.220 e. The SMILES string of the molecule is CCCCC/C=C/CC/C=C/C(O)C(COC1OC(CO)C(O)C(O)C1O)NC(=O)CCCCCCCCCCCCCCCCCCCCCCCCCCCC. The van der Waals surface area contributed by atoms with Gasteiger partial charge in [0.2, 0.25) is 5.91 Å². The first-order valence-electron chi connectivity index (χ1n) is 24.6. The molecule has 0 spiro atoms. The van der Waals surface area contributed by atoms with E-state index in [4.69, 9.17) is 9.47 Å². The molecule has 0 bridgehead atoms. The molecule has 0 aromatic heterocycles. The normalized spacial score (nSPS) is 21.0. The molecule has 7 atom stereocenters. The maximum Gasteiger partial charge on any atom is 0.220 e. The van der Waals surface area contributed by atoms with E-state index in [0.29, 0.717) is 6.42 Å². The fraction of sp³-hybridized carbons (Fsp3) is 0.898. The summed E-state index contributed by atoms with van der Waals surface area (Å²) in [5, 5.41) is 54.0. The van der Waals surface area contributed by atoms with E-state index in [2.05, 4.69) is 31.3 Å². The van der Waals surface area contributed by atoms with Gasteiger partial charge in [0.05, 0.1) is 25.4 Å². The lowest BCUT2D eigenvalue weighted by Gasteiger charge is -2.40. The van der Waals surface area contributed by atoms with Crippen molar-refractivity contribution < 1.29 is 39.8 Å². The molecule has 9 heteroatoms. The second-order valence-corrected chi connectivity index (χ2v) is 17.3. The van der Waals surface area contributed by atoms with Crippen LogP contribution in [0.1, 0.15) is 226 Å². The van der Waals surface area contributed by atoms with E-state index < -0.39 is 49.5 Å². The van der Waals surface area contributed by atoms with Crippen LogP contribution >= 0.6 is 0 Å². The van der Waals surface area contributed by atoms with Crippen molar-refractivity contribution in [3.05, 3.63) is 24.3 Å². The molecule has 0 saturated carbocycles. The number of aliphatic hydroxyl groups is 5. The van der Waals surface area contributed by atoms with Gasteiger partial charge in [0.1, 0.15) is 24.4 Å². The standard InChI is InChI=1S/C49H93NO8/c1-3-5-7-9-11-13-14-15-16-17-18-19-20-21-22-23-24-25-26-27-28-29-31-33-35-37-39-45(53)50-42(43(52)38-36-34-32-30-12-10-8-6-4-2)41-57-49-48(56)47(55)46(54)44(40-51)58-49/h12,30,36,38,42-44,46-49,51-52,54-56H,3-11,13-29,31-35,37,39-41H2,1-2H3,(H,50,53)/b30-12+,38-36+. The number of carbonyl (C=O) groups excluding carboxylic acids is 1. The molecule has 0 aliphatic carbocycles. The van der Waals surface area contributed by atoms with Gasteiger partial charge in [-0.15, -0.1) is 0 Å². The van der Waals surface area contributed by atoms with Crippen LogP contribution in [0.15, 0.2) is 24.3 Å². The average Bonchev–Trinajstić information content (AvgIpc) is 3.22. The highest BCUT2D eigenvalue weighted by Gasteiger charge is 2.44. The first-order valence-corrected chi connectivity index (χ1v) is 24.6. The highest BCUT2D eigenvalue weighted by atomic mass is 16.7. The van der Waals surface area contributed by atoms with Crippen LogP contribution in [0.3, 0.4) is 0 Å². The Morgan fingerprint density at radius 2 is 0.983 bits per heavy atom. The predicted molar refractivity (Wildman–Crippen MR) is 240 cm³/mol. The Bertz CT molecular complexity index is 961. The predicted octanol–water partition coefficient (Wildman–Crippen LogP) is 10.7. The molecule has 1 heterocycles. The van der Waals surface area contributed by atoms with Gasteiger partial charge >= 0.3 is 0 Å². The molecule has 1 aliphatic heterocycles. The van der Waals surface area contributed by atoms with Gasteiger partial charge in [-0.05, 0) is 32.1 Å². The van der Waals surface area contributed by atoms with Crippen molar-refractivity contribution in [3.8, 4) is 0 Å². The number of allylic oxidation sites excluding steroid dienone is 3. The molecule has 0 aromatic rings. The summed E-state index contributed by atoms with van der Waals surface area (Å²) in [6.07, 6.45) is 41.2. The van der Waals surface area contributed by atoms with Crippen LogP contribution in [0.5, 0.6) is 0 Å². The van der Waals surface area contributed by atoms with E-state index in [9.17, 15) is 30.3 Å². The first-order chi connectivity index (χ1) is 28.3. The van der Waals surface area contributed by atoms with Gasteiger partial charge in [0.15, 0.2) is 6.29 Å². The molecule has 58 heavy (non-hydrogen) atoms. The average molecular weight is 824 g/mol. The Hall–Kier alpha value is -1.33. The summed E-state index contributed by atoms with van der Waals surface area (Å²) in [7, 11) is 0. The van der Waals surface area contributed by atoms with Gasteiger partial charge in [0.25, 0.3) is 0 Å². The molecule has 0 aromatic carbocycles. The Balaban J connectivity index is 2.16. The van der Waals surface area contributed by atoms with E-state index in [1.807, 2.05) is 6.08 Å².